The number of alkyl halides is 3. The van der Waals surface area contributed by atoms with Crippen molar-refractivity contribution in [3.8, 4) is 0 Å². The number of halogens is 3. The van der Waals surface area contributed by atoms with Crippen molar-refractivity contribution in [2.45, 2.75) is 12.5 Å². The Morgan fingerprint density at radius 3 is 2.67 bits per heavy atom. The second-order valence-corrected chi connectivity index (χ2v) is 2.59. The van der Waals surface area contributed by atoms with Crippen LogP contribution in [0.5, 0.6) is 0 Å². The molecule has 1 unspecified atom stereocenters. The minimum Gasteiger partial charge on any atom is -0.299 e. The minimum absolute atomic E-state index is 0.0261. The van der Waals surface area contributed by atoms with Crippen LogP contribution in [0.3, 0.4) is 0 Å². The van der Waals surface area contributed by atoms with E-state index in [1.165, 1.54) is 0 Å². The Morgan fingerprint density at radius 2 is 2.17 bits per heavy atom. The molecule has 12 heavy (non-hydrogen) atoms. The van der Waals surface area contributed by atoms with E-state index < -0.39 is 12.5 Å². The summed E-state index contributed by atoms with van der Waals surface area (Å²) in [6.45, 7) is 0.107. The molecule has 0 radical (unpaired) electrons. The van der Waals surface area contributed by atoms with Gasteiger partial charge in [0.05, 0.1) is 6.17 Å². The fourth-order valence-electron chi connectivity index (χ4n) is 1.09. The fraction of sp³-hybridized carbons (Fsp3) is 1.00. The van der Waals surface area contributed by atoms with E-state index in [-0.39, 0.29) is 19.6 Å². The summed E-state index contributed by atoms with van der Waals surface area (Å²) in [5.41, 5.74) is 2.25. The average Bonchev–Trinajstić information content (AvgIpc) is 2.03. The van der Waals surface area contributed by atoms with E-state index >= 15 is 0 Å². The summed E-state index contributed by atoms with van der Waals surface area (Å²) >= 11 is 0. The maximum Gasteiger partial charge on any atom is 0.460 e. The van der Waals surface area contributed by atoms with E-state index in [9.17, 15) is 13.2 Å². The lowest BCUT2D eigenvalue weighted by molar-refractivity contribution is -0.251. The summed E-state index contributed by atoms with van der Waals surface area (Å²) in [6.07, 6.45) is -4.74. The molecule has 4 nitrogen and oxygen atoms in total. The van der Waals surface area contributed by atoms with E-state index in [0.717, 1.165) is 0 Å². The van der Waals surface area contributed by atoms with Crippen LogP contribution in [0.1, 0.15) is 0 Å². The minimum atomic E-state index is -4.25. The van der Waals surface area contributed by atoms with Gasteiger partial charge in [-0.1, -0.05) is 0 Å². The van der Waals surface area contributed by atoms with Crippen LogP contribution in [-0.2, 0) is 0 Å². The molecule has 1 rings (SSSR count). The van der Waals surface area contributed by atoms with Gasteiger partial charge in [-0.2, -0.15) is 13.2 Å². The number of hydrazine groups is 1. The Hall–Kier alpha value is -0.370. The summed E-state index contributed by atoms with van der Waals surface area (Å²) in [7, 11) is 0. The summed E-state index contributed by atoms with van der Waals surface area (Å²) in [5.74, 6) is 5.00. The molecule has 4 N–H and O–H groups in total. The number of nitrogens with zero attached hydrogens (tertiary/aromatic N) is 1. The highest BCUT2D eigenvalue weighted by molar-refractivity contribution is 4.76. The zero-order valence-electron chi connectivity index (χ0n) is 6.36. The maximum absolute atomic E-state index is 12.1. The lowest BCUT2D eigenvalue weighted by Gasteiger charge is -2.33. The van der Waals surface area contributed by atoms with Crippen molar-refractivity contribution in [2.24, 2.45) is 5.84 Å². The van der Waals surface area contributed by atoms with Gasteiger partial charge in [0.2, 0.25) is 0 Å². The first kappa shape index (κ1) is 9.72. The number of piperazine rings is 1. The largest absolute Gasteiger partial charge is 0.460 e. The maximum atomic E-state index is 12.1. The van der Waals surface area contributed by atoms with Gasteiger partial charge in [-0.15, -0.1) is 0 Å². The van der Waals surface area contributed by atoms with Gasteiger partial charge in [-0.25, -0.2) is 10.3 Å². The Bertz CT molecular complexity index is 148. The third kappa shape index (κ3) is 2.31. The van der Waals surface area contributed by atoms with Crippen molar-refractivity contribution in [3.05, 3.63) is 0 Å². The predicted molar refractivity (Wildman–Crippen MR) is 36.7 cm³/mol. The van der Waals surface area contributed by atoms with Crippen molar-refractivity contribution in [3.63, 3.8) is 0 Å². The Labute approximate surface area is 67.9 Å². The molecule has 0 saturated carbocycles. The number of rotatable bonds is 1. The smallest absolute Gasteiger partial charge is 0.299 e. The van der Waals surface area contributed by atoms with Crippen molar-refractivity contribution < 1.29 is 13.2 Å². The molecule has 1 saturated heterocycles. The summed E-state index contributed by atoms with van der Waals surface area (Å²) in [4.78, 5) is 0.425. The van der Waals surface area contributed by atoms with E-state index in [2.05, 4.69) is 10.7 Å². The van der Waals surface area contributed by atoms with Gasteiger partial charge in [0.1, 0.15) is 0 Å². The summed E-state index contributed by atoms with van der Waals surface area (Å²) < 4.78 is 36.2. The van der Waals surface area contributed by atoms with Crippen LogP contribution >= 0.6 is 0 Å². The summed E-state index contributed by atoms with van der Waals surface area (Å²) in [6, 6.07) is 0. The quantitative estimate of drug-likeness (QED) is 0.284. The van der Waals surface area contributed by atoms with Gasteiger partial charge in [0.25, 0.3) is 0 Å². The third-order valence-corrected chi connectivity index (χ3v) is 1.74. The van der Waals surface area contributed by atoms with Crippen molar-refractivity contribution >= 4 is 0 Å². The molecule has 72 valence electrons. The lowest BCUT2D eigenvalue weighted by Crippen LogP contribution is -2.61. The number of hydrogen-bond acceptors (Lipinski definition) is 4. The first-order chi connectivity index (χ1) is 5.54. The zero-order chi connectivity index (χ0) is 9.19. The van der Waals surface area contributed by atoms with Gasteiger partial charge in [-0.3, -0.25) is 11.2 Å². The standard InChI is InChI=1S/C5H11F3N4/c6-5(7,8)12-2-1-10-4(3-12)11-9/h4,10-11H,1-3,9H2. The number of nitrogens with one attached hydrogen (secondary N) is 2. The van der Waals surface area contributed by atoms with Gasteiger partial charge in [0, 0.05) is 19.6 Å². The normalized spacial score (nSPS) is 27.5. The highest BCUT2D eigenvalue weighted by atomic mass is 19.4. The first-order valence-corrected chi connectivity index (χ1v) is 3.55. The number of hydrogen-bond donors (Lipinski definition) is 3. The molecule has 7 heteroatoms. The highest BCUT2D eigenvalue weighted by Crippen LogP contribution is 2.21. The monoisotopic (exact) mass is 184 g/mol. The molecule has 0 aromatic carbocycles. The van der Waals surface area contributed by atoms with Gasteiger partial charge >= 0.3 is 6.30 Å². The second kappa shape index (κ2) is 3.56. The Morgan fingerprint density at radius 1 is 1.50 bits per heavy atom. The van der Waals surface area contributed by atoms with Crippen LogP contribution in [-0.4, -0.2) is 37.0 Å². The molecule has 1 aliphatic heterocycles. The molecule has 0 aromatic heterocycles. The Balaban J connectivity index is 2.46. The van der Waals surface area contributed by atoms with E-state index in [1.807, 2.05) is 0 Å². The van der Waals surface area contributed by atoms with Crippen LogP contribution < -0.4 is 16.6 Å². The molecule has 1 fully saturated rings. The van der Waals surface area contributed by atoms with Crippen molar-refractivity contribution in [2.75, 3.05) is 19.6 Å². The van der Waals surface area contributed by atoms with Crippen molar-refractivity contribution in [1.82, 2.24) is 15.6 Å². The van der Waals surface area contributed by atoms with Crippen molar-refractivity contribution in [1.29, 1.82) is 0 Å². The molecule has 1 aliphatic rings. The molecular weight excluding hydrogens is 173 g/mol. The molecule has 0 amide bonds. The molecular formula is C5H11F3N4. The zero-order valence-corrected chi connectivity index (χ0v) is 6.36. The van der Waals surface area contributed by atoms with E-state index in [4.69, 9.17) is 5.84 Å². The second-order valence-electron chi connectivity index (χ2n) is 2.59. The molecule has 0 aliphatic carbocycles. The average molecular weight is 184 g/mol. The SMILES string of the molecule is NNC1CN(C(F)(F)F)CCN1. The van der Waals surface area contributed by atoms with Crippen LogP contribution in [0.25, 0.3) is 0 Å². The third-order valence-electron chi connectivity index (χ3n) is 1.74. The molecule has 0 spiro atoms. The van der Waals surface area contributed by atoms with Crippen LogP contribution in [0, 0.1) is 0 Å². The lowest BCUT2D eigenvalue weighted by atomic mass is 10.3. The van der Waals surface area contributed by atoms with Gasteiger partial charge < -0.3 is 0 Å². The highest BCUT2D eigenvalue weighted by Gasteiger charge is 2.39. The number of nitrogens with two attached hydrogens (primary N) is 1. The van der Waals surface area contributed by atoms with Crippen LogP contribution in [0.2, 0.25) is 0 Å². The Kier molecular flexibility index (Phi) is 2.89. The van der Waals surface area contributed by atoms with Gasteiger partial charge in [-0.05, 0) is 0 Å². The van der Waals surface area contributed by atoms with Crippen LogP contribution in [0.15, 0.2) is 0 Å². The molecule has 0 aromatic rings. The van der Waals surface area contributed by atoms with Crippen LogP contribution in [0.4, 0.5) is 13.2 Å². The molecule has 0 bridgehead atoms. The topological polar surface area (TPSA) is 53.3 Å². The first-order valence-electron chi connectivity index (χ1n) is 3.55. The fourth-order valence-corrected chi connectivity index (χ4v) is 1.09. The van der Waals surface area contributed by atoms with E-state index in [0.29, 0.717) is 4.90 Å². The molecule has 1 atom stereocenters. The van der Waals surface area contributed by atoms with Gasteiger partial charge in [0.15, 0.2) is 0 Å². The predicted octanol–water partition coefficient (Wildman–Crippen LogP) is -0.799. The molecule has 1 heterocycles. The summed E-state index contributed by atoms with van der Waals surface area (Å²) in [5, 5.41) is 2.79. The van der Waals surface area contributed by atoms with E-state index in [1.54, 1.807) is 0 Å².